The number of anilines is 8. The Morgan fingerprint density at radius 3 is 0.626 bits per heavy atom. The molecule has 0 unspecified atom stereocenters. The molecule has 0 spiro atoms. The number of nitrogens with zero attached hydrogens (tertiary/aromatic N) is 4. The number of likely N-dealkylation sites (N-methyl/N-ethyl adjacent to an activating group) is 4. The largest absolute Gasteiger partial charge is 0.507 e. The highest BCUT2D eigenvalue weighted by molar-refractivity contribution is 6.36. The first-order chi connectivity index (χ1) is 51.0. The van der Waals surface area contributed by atoms with Gasteiger partial charge < -0.3 is 92.0 Å². The van der Waals surface area contributed by atoms with Gasteiger partial charge in [-0.2, -0.15) is 0 Å². The maximum Gasteiger partial charge on any atom is 0.200 e. The lowest BCUT2D eigenvalue weighted by molar-refractivity contribution is 0.0975. The van der Waals surface area contributed by atoms with Crippen LogP contribution >= 0.6 is 0 Å². The van der Waals surface area contributed by atoms with Gasteiger partial charge in [0.1, 0.15) is 23.0 Å². The van der Waals surface area contributed by atoms with E-state index in [9.17, 15) is 58.8 Å². The molecule has 0 heterocycles. The van der Waals surface area contributed by atoms with Crippen LogP contribution in [0.1, 0.15) is 135 Å². The number of carbonyl (C=O) groups is 8. The fourth-order valence-corrected chi connectivity index (χ4v) is 13.3. The van der Waals surface area contributed by atoms with Gasteiger partial charge in [0, 0.05) is 146 Å². The van der Waals surface area contributed by atoms with E-state index in [0.717, 1.165) is 13.1 Å². The van der Waals surface area contributed by atoms with Gasteiger partial charge in [-0.3, -0.25) is 38.4 Å². The maximum atomic E-state index is 13.8. The molecule has 0 saturated heterocycles. The normalized spacial score (nSPS) is 13.0. The van der Waals surface area contributed by atoms with E-state index < -0.39 is 23.1 Å². The minimum Gasteiger partial charge on any atom is -0.507 e. The highest BCUT2D eigenvalue weighted by atomic mass is 16.5. The van der Waals surface area contributed by atoms with Gasteiger partial charge in [-0.1, -0.05) is 56.0 Å². The molecule has 12 N–H and O–H groups in total. The molecule has 8 aromatic rings. The number of carbonyl (C=O) groups excluding carboxylic acids is 8. The van der Waals surface area contributed by atoms with Crippen molar-refractivity contribution < 1.29 is 68.3 Å². The highest BCUT2D eigenvalue weighted by Gasteiger charge is 2.41. The van der Waals surface area contributed by atoms with Gasteiger partial charge in [-0.15, -0.1) is 0 Å². The van der Waals surface area contributed by atoms with Crippen LogP contribution in [0.2, 0.25) is 0 Å². The molecule has 12 rings (SSSR count). The molecule has 0 amide bonds. The van der Waals surface area contributed by atoms with Gasteiger partial charge in [-0.05, 0) is 129 Å². The van der Waals surface area contributed by atoms with Crippen LogP contribution in [0.5, 0.6) is 23.0 Å². The van der Waals surface area contributed by atoms with Crippen LogP contribution in [0.3, 0.4) is 0 Å². The number of rotatable bonds is 32. The molecule has 107 heavy (non-hydrogen) atoms. The quantitative estimate of drug-likeness (QED) is 0.0138. The van der Waals surface area contributed by atoms with Gasteiger partial charge in [0.15, 0.2) is 23.1 Å². The molecule has 0 fully saturated rings. The molecule has 0 aromatic heterocycles. The van der Waals surface area contributed by atoms with Crippen LogP contribution < -0.4 is 42.5 Å². The summed E-state index contributed by atoms with van der Waals surface area (Å²) in [6.45, 7) is 7.32. The van der Waals surface area contributed by atoms with E-state index in [-0.39, 0.29) is 136 Å². The van der Waals surface area contributed by atoms with Crippen molar-refractivity contribution in [3.05, 3.63) is 210 Å². The zero-order valence-corrected chi connectivity index (χ0v) is 60.5. The molecule has 0 bridgehead atoms. The lowest BCUT2D eigenvalue weighted by Gasteiger charge is -2.25. The van der Waals surface area contributed by atoms with Crippen molar-refractivity contribution >= 4 is 91.8 Å². The summed E-state index contributed by atoms with van der Waals surface area (Å²) in [6.07, 6.45) is 0. The number of fused-ring (bicyclic) bond motifs is 8. The first kappa shape index (κ1) is 78.1. The Kier molecular flexibility index (Phi) is 25.2. The number of benzene rings is 8. The number of ether oxygens (including phenoxy) is 2. The maximum absolute atomic E-state index is 13.8. The number of aromatic hydroxyl groups is 4. The first-order valence-electron chi connectivity index (χ1n) is 35.0. The van der Waals surface area contributed by atoms with Crippen molar-refractivity contribution in [3.8, 4) is 23.0 Å². The van der Waals surface area contributed by atoms with Crippen LogP contribution in [0.4, 0.5) is 45.5 Å². The monoisotopic (exact) mass is 1460 g/mol. The first-order valence-corrected chi connectivity index (χ1v) is 35.0. The number of ketones is 8. The molecule has 4 aliphatic carbocycles. The lowest BCUT2D eigenvalue weighted by atomic mass is 9.81. The summed E-state index contributed by atoms with van der Waals surface area (Å²) >= 11 is 0. The Balaban J connectivity index is 0.000000227. The smallest absolute Gasteiger partial charge is 0.200 e. The Labute approximate surface area is 621 Å². The number of phenolic OH excluding ortho intramolecular Hbond substituents is 4. The minimum atomic E-state index is -0.611. The third kappa shape index (κ3) is 16.6. The fraction of sp³-hybridized carbons (Fsp3) is 0.309. The van der Waals surface area contributed by atoms with Crippen molar-refractivity contribution in [2.45, 2.75) is 7.43 Å². The second-order valence-electron chi connectivity index (χ2n) is 26.9. The predicted molar refractivity (Wildman–Crippen MR) is 416 cm³/mol. The Morgan fingerprint density at radius 1 is 0.243 bits per heavy atom. The van der Waals surface area contributed by atoms with Gasteiger partial charge in [0.05, 0.1) is 93.2 Å². The SMILES string of the molecule is C.CN(C)CCNc1ccc(O)c2c1C(=O)c1c(O)ccc(NCCOCCNc3ccc(O)c4c3C(=O)c3c(O)ccc(NCCN(C)C)c3C4=O)c1C2=O.CN(C)CCNc1cccc2c1C(=O)c1cccc(NCCOCCNc3cccc4c3C(=O)c3cccc(NCCN(C)C)c3C4=O)c1C2=O. The summed E-state index contributed by atoms with van der Waals surface area (Å²) in [5.41, 5.74) is 6.18. The van der Waals surface area contributed by atoms with Gasteiger partial charge in [0.25, 0.3) is 0 Å². The highest BCUT2D eigenvalue weighted by Crippen LogP contribution is 2.45. The molecule has 8 aromatic carbocycles. The average Bonchev–Trinajstić information content (AvgIpc) is 0.751. The topological polar surface area (TPSA) is 345 Å². The fourth-order valence-electron chi connectivity index (χ4n) is 13.3. The summed E-state index contributed by atoms with van der Waals surface area (Å²) in [5.74, 6) is -4.56. The van der Waals surface area contributed by atoms with Crippen molar-refractivity contribution in [2.24, 2.45) is 0 Å². The number of hydrogen-bond acceptors (Lipinski definition) is 26. The van der Waals surface area contributed by atoms with Crippen LogP contribution in [0, 0.1) is 0 Å². The van der Waals surface area contributed by atoms with Crippen molar-refractivity contribution in [1.82, 2.24) is 19.6 Å². The number of hydrogen-bond donors (Lipinski definition) is 12. The van der Waals surface area contributed by atoms with Gasteiger partial charge in [-0.25, -0.2) is 0 Å². The van der Waals surface area contributed by atoms with Crippen LogP contribution in [-0.2, 0) is 9.47 Å². The van der Waals surface area contributed by atoms with E-state index in [1.807, 2.05) is 88.1 Å². The van der Waals surface area contributed by atoms with Crippen molar-refractivity contribution in [3.63, 3.8) is 0 Å². The zero-order valence-electron chi connectivity index (χ0n) is 60.5. The molecule has 0 radical (unpaired) electrons. The zero-order chi connectivity index (χ0) is 75.6. The van der Waals surface area contributed by atoms with Gasteiger partial charge >= 0.3 is 0 Å². The second-order valence-corrected chi connectivity index (χ2v) is 26.9. The molecular weight excluding hydrogens is 1360 g/mol. The van der Waals surface area contributed by atoms with E-state index in [0.29, 0.717) is 144 Å². The predicted octanol–water partition coefficient (Wildman–Crippen LogP) is 8.91. The summed E-state index contributed by atoms with van der Waals surface area (Å²) in [4.78, 5) is 118. The Bertz CT molecular complexity index is 4490. The van der Waals surface area contributed by atoms with Crippen LogP contribution in [0.15, 0.2) is 121 Å². The van der Waals surface area contributed by atoms with Crippen LogP contribution in [0.25, 0.3) is 0 Å². The standard InChI is InChI=1S/C40H44N6O9.C40H44N6O5.CH4/c1-45(2)17-13-41-21-5-9-25(47)33-29(21)37(51)35-27(49)11-7-23(31(35)39(33)53)43-15-19-55-20-16-44-24-8-12-28(50)36-32(24)40(54)34-26(48)10-6-22(30(34)38(36)52)42-14-18-46(3)4;1-45(2)21-17-41-29-13-5-9-25-33(29)37(47)27-11-7-15-31(35(27)39(25)49)43-19-23-51-24-20-44-32-16-8-12-28-36(32)40(50)26-10-6-14-30(34(26)38(28)48)42-18-22-46(3)4;/h5-12,41-44,47-50H,13-20H2,1-4H3;5-16,41-44H,17-24H2,1-4H3;1H4. The third-order valence-electron chi connectivity index (χ3n) is 18.4. The van der Waals surface area contributed by atoms with Gasteiger partial charge in [0.2, 0.25) is 23.1 Å². The van der Waals surface area contributed by atoms with E-state index in [1.54, 1.807) is 60.7 Å². The average molecular weight is 1460 g/mol. The van der Waals surface area contributed by atoms with Crippen LogP contribution in [-0.4, -0.2) is 248 Å². The molecule has 0 atom stereocenters. The van der Waals surface area contributed by atoms with Crippen molar-refractivity contribution in [1.29, 1.82) is 0 Å². The van der Waals surface area contributed by atoms with E-state index in [2.05, 4.69) is 42.5 Å². The number of nitrogens with one attached hydrogen (secondary N) is 8. The van der Waals surface area contributed by atoms with E-state index in [4.69, 9.17) is 9.47 Å². The molecule has 26 heteroatoms. The molecule has 0 aliphatic heterocycles. The Hall–Kier alpha value is -11.5. The third-order valence-corrected chi connectivity index (χ3v) is 18.4. The summed E-state index contributed by atoms with van der Waals surface area (Å²) in [7, 11) is 15.5. The number of phenols is 4. The second kappa shape index (κ2) is 34.6. The molecule has 0 saturated carbocycles. The molecule has 4 aliphatic rings. The summed E-state index contributed by atoms with van der Waals surface area (Å²) in [6, 6.07) is 32.6. The van der Waals surface area contributed by atoms with E-state index >= 15 is 0 Å². The summed E-state index contributed by atoms with van der Waals surface area (Å²) < 4.78 is 11.6. The lowest BCUT2D eigenvalue weighted by Crippen LogP contribution is -2.27. The van der Waals surface area contributed by atoms with E-state index in [1.165, 1.54) is 48.5 Å². The minimum absolute atomic E-state index is 0. The molecule has 560 valence electrons. The molecule has 26 nitrogen and oxygen atoms in total. The van der Waals surface area contributed by atoms with Crippen molar-refractivity contribution in [2.75, 3.05) is 204 Å². The summed E-state index contributed by atoms with van der Waals surface area (Å²) in [5, 5.41) is 68.5. The molecular formula is C81H92N12O14. The Morgan fingerprint density at radius 2 is 0.430 bits per heavy atom.